The Labute approximate surface area is 119 Å². The second-order valence-electron chi connectivity index (χ2n) is 4.61. The molecule has 2 rings (SSSR count). The van der Waals surface area contributed by atoms with E-state index in [0.29, 0.717) is 16.7 Å². The van der Waals surface area contributed by atoms with Gasteiger partial charge in [-0.15, -0.1) is 13.2 Å². The van der Waals surface area contributed by atoms with E-state index in [-0.39, 0.29) is 11.6 Å². The Balaban J connectivity index is 2.28. The minimum Gasteiger partial charge on any atom is -0.406 e. The van der Waals surface area contributed by atoms with Crippen molar-refractivity contribution in [3.8, 4) is 5.75 Å². The van der Waals surface area contributed by atoms with E-state index in [9.17, 15) is 17.6 Å². The largest absolute Gasteiger partial charge is 0.573 e. The molecule has 2 aromatic carbocycles. The molecule has 21 heavy (non-hydrogen) atoms. The third kappa shape index (κ3) is 3.95. The van der Waals surface area contributed by atoms with Crippen molar-refractivity contribution < 1.29 is 22.3 Å². The Morgan fingerprint density at radius 3 is 2.33 bits per heavy atom. The van der Waals surface area contributed by atoms with E-state index < -0.39 is 12.4 Å². The van der Waals surface area contributed by atoms with E-state index >= 15 is 0 Å². The van der Waals surface area contributed by atoms with Crippen molar-refractivity contribution in [2.75, 3.05) is 0 Å². The van der Waals surface area contributed by atoms with Crippen LogP contribution in [0.4, 0.5) is 17.6 Å². The van der Waals surface area contributed by atoms with Crippen LogP contribution in [0, 0.1) is 12.7 Å². The normalized spacial score (nSPS) is 13.0. The summed E-state index contributed by atoms with van der Waals surface area (Å²) in [6, 6.07) is 9.11. The van der Waals surface area contributed by atoms with Crippen LogP contribution < -0.4 is 10.5 Å². The summed E-state index contributed by atoms with van der Waals surface area (Å²) in [5.74, 6) is -0.700. The van der Waals surface area contributed by atoms with Crippen LogP contribution in [0.15, 0.2) is 42.5 Å². The molecule has 0 fully saturated rings. The Hall–Kier alpha value is -2.08. The highest BCUT2D eigenvalue weighted by Gasteiger charge is 2.31. The van der Waals surface area contributed by atoms with Gasteiger partial charge in [0.1, 0.15) is 11.6 Å². The summed E-state index contributed by atoms with van der Waals surface area (Å²) >= 11 is 0. The lowest BCUT2D eigenvalue weighted by Gasteiger charge is -2.15. The fourth-order valence-corrected chi connectivity index (χ4v) is 1.96. The van der Waals surface area contributed by atoms with E-state index in [4.69, 9.17) is 5.73 Å². The maximum Gasteiger partial charge on any atom is 0.573 e. The number of nitrogens with two attached hydrogens (primary N) is 1. The SMILES string of the molecule is Cc1cc(C(N)c2cccc(OC(F)(F)F)c2)ccc1F. The highest BCUT2D eigenvalue weighted by Crippen LogP contribution is 2.27. The molecule has 0 aliphatic heterocycles. The van der Waals surface area contributed by atoms with Crippen LogP contribution in [0.5, 0.6) is 5.75 Å². The monoisotopic (exact) mass is 299 g/mol. The van der Waals surface area contributed by atoms with Crippen LogP contribution in [0.2, 0.25) is 0 Å². The molecule has 2 aromatic rings. The second kappa shape index (κ2) is 5.73. The number of alkyl halides is 3. The van der Waals surface area contributed by atoms with Gasteiger partial charge in [0.05, 0.1) is 6.04 Å². The van der Waals surface area contributed by atoms with Crippen LogP contribution in [0.25, 0.3) is 0 Å². The minimum absolute atomic E-state index is 0.339. The molecule has 0 heterocycles. The molecule has 0 saturated carbocycles. The predicted molar refractivity (Wildman–Crippen MR) is 70.3 cm³/mol. The molecule has 1 unspecified atom stereocenters. The molecule has 112 valence electrons. The van der Waals surface area contributed by atoms with Crippen molar-refractivity contribution in [1.29, 1.82) is 0 Å². The number of halogens is 4. The summed E-state index contributed by atoms with van der Waals surface area (Å²) in [6.07, 6.45) is -4.75. The Bertz CT molecular complexity index is 640. The molecule has 0 aromatic heterocycles. The molecule has 6 heteroatoms. The van der Waals surface area contributed by atoms with Crippen LogP contribution >= 0.6 is 0 Å². The number of hydrogen-bond acceptors (Lipinski definition) is 2. The molecular weight excluding hydrogens is 286 g/mol. The van der Waals surface area contributed by atoms with Crippen LogP contribution in [-0.2, 0) is 0 Å². The number of hydrogen-bond donors (Lipinski definition) is 1. The highest BCUT2D eigenvalue weighted by molar-refractivity contribution is 5.37. The van der Waals surface area contributed by atoms with E-state index in [0.717, 1.165) is 0 Å². The molecule has 0 amide bonds. The predicted octanol–water partition coefficient (Wildman–Crippen LogP) is 4.08. The van der Waals surface area contributed by atoms with Crippen LogP contribution in [-0.4, -0.2) is 6.36 Å². The first-order chi connectivity index (χ1) is 9.76. The first kappa shape index (κ1) is 15.3. The van der Waals surface area contributed by atoms with Gasteiger partial charge in [-0.2, -0.15) is 0 Å². The number of rotatable bonds is 3. The summed E-state index contributed by atoms with van der Waals surface area (Å²) < 4.78 is 53.7. The topological polar surface area (TPSA) is 35.2 Å². The quantitative estimate of drug-likeness (QED) is 0.867. The van der Waals surface area contributed by atoms with E-state index in [1.807, 2.05) is 0 Å². The van der Waals surface area contributed by atoms with Crippen molar-refractivity contribution in [2.24, 2.45) is 5.73 Å². The molecule has 0 aliphatic carbocycles. The van der Waals surface area contributed by atoms with Crippen LogP contribution in [0.3, 0.4) is 0 Å². The number of ether oxygens (including phenoxy) is 1. The van der Waals surface area contributed by atoms with Crippen molar-refractivity contribution in [3.05, 3.63) is 65.0 Å². The summed E-state index contributed by atoms with van der Waals surface area (Å²) in [5, 5.41) is 0. The van der Waals surface area contributed by atoms with Gasteiger partial charge in [-0.1, -0.05) is 24.3 Å². The standard InChI is InChI=1S/C15H13F4NO/c1-9-7-11(5-6-13(9)16)14(20)10-3-2-4-12(8-10)21-15(17,18)19/h2-8,14H,20H2,1H3. The first-order valence-corrected chi connectivity index (χ1v) is 6.13. The lowest BCUT2D eigenvalue weighted by atomic mass is 9.98. The lowest BCUT2D eigenvalue weighted by Crippen LogP contribution is -2.18. The molecule has 0 saturated heterocycles. The maximum atomic E-state index is 13.2. The van der Waals surface area contributed by atoms with Crippen molar-refractivity contribution in [3.63, 3.8) is 0 Å². The molecule has 0 aliphatic rings. The average Bonchev–Trinajstić information content (AvgIpc) is 2.39. The molecule has 2 nitrogen and oxygen atoms in total. The first-order valence-electron chi connectivity index (χ1n) is 6.13. The van der Waals surface area contributed by atoms with Crippen molar-refractivity contribution in [2.45, 2.75) is 19.3 Å². The molecule has 2 N–H and O–H groups in total. The Kier molecular flexibility index (Phi) is 4.18. The third-order valence-corrected chi connectivity index (χ3v) is 2.99. The average molecular weight is 299 g/mol. The van der Waals surface area contributed by atoms with Gasteiger partial charge in [-0.3, -0.25) is 0 Å². The molecule has 1 atom stereocenters. The Morgan fingerprint density at radius 2 is 1.71 bits per heavy atom. The fourth-order valence-electron chi connectivity index (χ4n) is 1.96. The van der Waals surface area contributed by atoms with Gasteiger partial charge in [0, 0.05) is 0 Å². The van der Waals surface area contributed by atoms with Gasteiger partial charge in [0.15, 0.2) is 0 Å². The van der Waals surface area contributed by atoms with Crippen molar-refractivity contribution in [1.82, 2.24) is 0 Å². The summed E-state index contributed by atoms with van der Waals surface area (Å²) in [4.78, 5) is 0. The van der Waals surface area contributed by atoms with Crippen LogP contribution in [0.1, 0.15) is 22.7 Å². The van der Waals surface area contributed by atoms with Gasteiger partial charge in [-0.05, 0) is 41.8 Å². The Morgan fingerprint density at radius 1 is 1.05 bits per heavy atom. The van der Waals surface area contributed by atoms with Gasteiger partial charge < -0.3 is 10.5 Å². The zero-order valence-corrected chi connectivity index (χ0v) is 11.1. The highest BCUT2D eigenvalue weighted by atomic mass is 19.4. The smallest absolute Gasteiger partial charge is 0.406 e. The molecular formula is C15H13F4NO. The number of aryl methyl sites for hydroxylation is 1. The molecule has 0 radical (unpaired) electrons. The fraction of sp³-hybridized carbons (Fsp3) is 0.200. The summed E-state index contributed by atoms with van der Waals surface area (Å²) in [6.45, 7) is 1.59. The molecule has 0 spiro atoms. The van der Waals surface area contributed by atoms with E-state index in [1.54, 1.807) is 19.1 Å². The lowest BCUT2D eigenvalue weighted by molar-refractivity contribution is -0.274. The summed E-state index contributed by atoms with van der Waals surface area (Å²) in [7, 11) is 0. The zero-order valence-electron chi connectivity index (χ0n) is 11.1. The van der Waals surface area contributed by atoms with E-state index in [1.165, 1.54) is 30.3 Å². The zero-order chi connectivity index (χ0) is 15.6. The maximum absolute atomic E-state index is 13.2. The third-order valence-electron chi connectivity index (χ3n) is 2.99. The van der Waals surface area contributed by atoms with Gasteiger partial charge in [0.25, 0.3) is 0 Å². The van der Waals surface area contributed by atoms with Gasteiger partial charge in [-0.25, -0.2) is 4.39 Å². The van der Waals surface area contributed by atoms with Crippen molar-refractivity contribution >= 4 is 0 Å². The number of benzene rings is 2. The van der Waals surface area contributed by atoms with Gasteiger partial charge >= 0.3 is 6.36 Å². The second-order valence-corrected chi connectivity index (χ2v) is 4.61. The van der Waals surface area contributed by atoms with Gasteiger partial charge in [0.2, 0.25) is 0 Å². The minimum atomic E-state index is -4.75. The van der Waals surface area contributed by atoms with E-state index in [2.05, 4.69) is 4.74 Å². The summed E-state index contributed by atoms with van der Waals surface area (Å²) in [5.41, 5.74) is 7.49. The molecule has 0 bridgehead atoms.